The molecular formula is C14H30N2OS. The number of hydrogen-bond acceptors (Lipinski definition) is 3. The topological polar surface area (TPSA) is 38.3 Å². The van der Waals surface area contributed by atoms with E-state index in [1.807, 2.05) is 20.8 Å². The highest BCUT2D eigenvalue weighted by Gasteiger charge is 2.48. The maximum Gasteiger partial charge on any atom is 0.136 e. The van der Waals surface area contributed by atoms with E-state index in [1.165, 1.54) is 0 Å². The zero-order valence-electron chi connectivity index (χ0n) is 13.3. The van der Waals surface area contributed by atoms with E-state index in [9.17, 15) is 4.55 Å². The fourth-order valence-electron chi connectivity index (χ4n) is 2.05. The fourth-order valence-corrected chi connectivity index (χ4v) is 3.01. The van der Waals surface area contributed by atoms with Crippen LogP contribution in [0.15, 0.2) is 0 Å². The van der Waals surface area contributed by atoms with Crippen molar-refractivity contribution >= 4 is 11.4 Å². The van der Waals surface area contributed by atoms with Crippen LogP contribution in [0.2, 0.25) is 0 Å². The summed E-state index contributed by atoms with van der Waals surface area (Å²) in [5.41, 5.74) is 0.469. The second-order valence-electron chi connectivity index (χ2n) is 7.90. The first kappa shape index (κ1) is 16.3. The lowest BCUT2D eigenvalue weighted by atomic mass is 9.74. The molecule has 0 aromatic rings. The highest BCUT2D eigenvalue weighted by Crippen LogP contribution is 2.38. The van der Waals surface area contributed by atoms with E-state index in [1.54, 1.807) is 0 Å². The predicted molar refractivity (Wildman–Crippen MR) is 79.9 cm³/mol. The van der Waals surface area contributed by atoms with Gasteiger partial charge in [0.25, 0.3) is 0 Å². The van der Waals surface area contributed by atoms with Crippen LogP contribution in [0.25, 0.3) is 0 Å². The molecule has 1 aliphatic heterocycles. The Morgan fingerprint density at radius 3 is 1.94 bits per heavy atom. The average molecular weight is 274 g/mol. The SMILES string of the molecule is C[C@H](N[S@+]([O-])C(C)(C)C)C1(C)CN(C(C)(C)C)C1. The molecule has 0 aromatic carbocycles. The first-order valence-corrected chi connectivity index (χ1v) is 7.94. The van der Waals surface area contributed by atoms with E-state index in [-0.39, 0.29) is 21.7 Å². The van der Waals surface area contributed by atoms with E-state index in [4.69, 9.17) is 0 Å². The molecule has 4 heteroatoms. The van der Waals surface area contributed by atoms with Crippen molar-refractivity contribution in [2.75, 3.05) is 13.1 Å². The van der Waals surface area contributed by atoms with Gasteiger partial charge in [0, 0.05) is 35.4 Å². The van der Waals surface area contributed by atoms with Crippen molar-refractivity contribution in [3.63, 3.8) is 0 Å². The zero-order chi connectivity index (χ0) is 14.4. The number of likely N-dealkylation sites (tertiary alicyclic amines) is 1. The van der Waals surface area contributed by atoms with Gasteiger partial charge in [-0.1, -0.05) is 6.92 Å². The molecule has 1 N–H and O–H groups in total. The standard InChI is InChI=1S/C14H30N2OS/c1-11(15-18(17)13(5,6)7)14(8)9-16(10-14)12(2,3)4/h11,15H,9-10H2,1-8H3/t11-,18+/m0/s1. The summed E-state index contributed by atoms with van der Waals surface area (Å²) < 4.78 is 15.2. The molecule has 0 aliphatic carbocycles. The summed E-state index contributed by atoms with van der Waals surface area (Å²) in [7, 11) is 0. The Morgan fingerprint density at radius 1 is 1.17 bits per heavy atom. The summed E-state index contributed by atoms with van der Waals surface area (Å²) in [5, 5.41) is 0. The lowest BCUT2D eigenvalue weighted by molar-refractivity contribution is -0.0616. The molecule has 0 radical (unpaired) electrons. The number of nitrogens with zero attached hydrogens (tertiary/aromatic N) is 1. The van der Waals surface area contributed by atoms with Crippen LogP contribution >= 0.6 is 0 Å². The first-order chi connectivity index (χ1) is 7.86. The Balaban J connectivity index is 2.52. The van der Waals surface area contributed by atoms with Gasteiger partial charge in [-0.2, -0.15) is 0 Å². The van der Waals surface area contributed by atoms with Crippen molar-refractivity contribution in [2.24, 2.45) is 5.41 Å². The number of hydrogen-bond donors (Lipinski definition) is 1. The summed E-state index contributed by atoms with van der Waals surface area (Å²) in [6.07, 6.45) is 0. The van der Waals surface area contributed by atoms with Crippen LogP contribution in [0.3, 0.4) is 0 Å². The lowest BCUT2D eigenvalue weighted by Gasteiger charge is -2.56. The van der Waals surface area contributed by atoms with Gasteiger partial charge in [-0.3, -0.25) is 4.90 Å². The minimum absolute atomic E-state index is 0.196. The van der Waals surface area contributed by atoms with Crippen molar-refractivity contribution in [3.8, 4) is 0 Å². The highest BCUT2D eigenvalue weighted by atomic mass is 32.2. The Morgan fingerprint density at radius 2 is 1.61 bits per heavy atom. The Hall–Kier alpha value is 0.230. The smallest absolute Gasteiger partial charge is 0.136 e. The van der Waals surface area contributed by atoms with Gasteiger partial charge < -0.3 is 4.55 Å². The second kappa shape index (κ2) is 4.97. The minimum atomic E-state index is -0.983. The third-order valence-electron chi connectivity index (χ3n) is 3.94. The van der Waals surface area contributed by atoms with Gasteiger partial charge in [-0.05, 0) is 48.5 Å². The van der Waals surface area contributed by atoms with Crippen LogP contribution in [-0.4, -0.2) is 38.9 Å². The van der Waals surface area contributed by atoms with Crippen LogP contribution in [0.5, 0.6) is 0 Å². The Bertz CT molecular complexity index is 287. The van der Waals surface area contributed by atoms with E-state index >= 15 is 0 Å². The molecule has 0 aromatic heterocycles. The summed E-state index contributed by atoms with van der Waals surface area (Å²) in [6.45, 7) is 19.4. The van der Waals surface area contributed by atoms with E-state index in [0.717, 1.165) is 13.1 Å². The monoisotopic (exact) mass is 274 g/mol. The molecule has 2 atom stereocenters. The van der Waals surface area contributed by atoms with Crippen LogP contribution in [0.1, 0.15) is 55.4 Å². The molecule has 1 fully saturated rings. The predicted octanol–water partition coefficient (Wildman–Crippen LogP) is 2.55. The third kappa shape index (κ3) is 3.62. The van der Waals surface area contributed by atoms with Crippen LogP contribution in [-0.2, 0) is 11.4 Å². The van der Waals surface area contributed by atoms with E-state index in [0.29, 0.717) is 0 Å². The first-order valence-electron chi connectivity index (χ1n) is 6.79. The van der Waals surface area contributed by atoms with Gasteiger partial charge in [0.2, 0.25) is 0 Å². The lowest BCUT2D eigenvalue weighted by Crippen LogP contribution is -2.68. The fraction of sp³-hybridized carbons (Fsp3) is 1.00. The van der Waals surface area contributed by atoms with Gasteiger partial charge in [-0.25, -0.2) is 0 Å². The van der Waals surface area contributed by atoms with Gasteiger partial charge in [0.05, 0.1) is 6.04 Å². The molecule has 18 heavy (non-hydrogen) atoms. The number of rotatable bonds is 3. The molecule has 0 spiro atoms. The molecule has 0 saturated carbocycles. The summed E-state index contributed by atoms with van der Waals surface area (Å²) in [4.78, 5) is 2.48. The van der Waals surface area contributed by atoms with Crippen LogP contribution in [0, 0.1) is 5.41 Å². The third-order valence-corrected chi connectivity index (χ3v) is 5.62. The van der Waals surface area contributed by atoms with Crippen molar-refractivity contribution in [1.82, 2.24) is 9.62 Å². The largest absolute Gasteiger partial charge is 0.598 e. The van der Waals surface area contributed by atoms with Gasteiger partial charge in [0.1, 0.15) is 4.75 Å². The van der Waals surface area contributed by atoms with Crippen LogP contribution < -0.4 is 4.72 Å². The molecule has 0 amide bonds. The molecule has 1 saturated heterocycles. The van der Waals surface area contributed by atoms with Crippen LogP contribution in [0.4, 0.5) is 0 Å². The normalized spacial score (nSPS) is 24.5. The van der Waals surface area contributed by atoms with Crippen molar-refractivity contribution < 1.29 is 4.55 Å². The highest BCUT2D eigenvalue weighted by molar-refractivity contribution is 7.90. The molecule has 108 valence electrons. The van der Waals surface area contributed by atoms with Crippen molar-refractivity contribution in [3.05, 3.63) is 0 Å². The zero-order valence-corrected chi connectivity index (χ0v) is 14.1. The van der Waals surface area contributed by atoms with E-state index < -0.39 is 11.4 Å². The summed E-state index contributed by atoms with van der Waals surface area (Å²) >= 11 is -0.983. The Labute approximate surface area is 116 Å². The van der Waals surface area contributed by atoms with Gasteiger partial charge in [-0.15, -0.1) is 4.72 Å². The minimum Gasteiger partial charge on any atom is -0.598 e. The second-order valence-corrected chi connectivity index (χ2v) is 9.90. The van der Waals surface area contributed by atoms with Gasteiger partial charge >= 0.3 is 0 Å². The molecule has 0 unspecified atom stereocenters. The van der Waals surface area contributed by atoms with Crippen molar-refractivity contribution in [2.45, 2.75) is 71.7 Å². The van der Waals surface area contributed by atoms with Gasteiger partial charge in [0.15, 0.2) is 0 Å². The molecular weight excluding hydrogens is 244 g/mol. The maximum absolute atomic E-state index is 12.1. The molecule has 1 aliphatic rings. The molecule has 1 heterocycles. The molecule has 1 rings (SSSR count). The maximum atomic E-state index is 12.1. The average Bonchev–Trinajstić information content (AvgIpc) is 2.09. The molecule has 3 nitrogen and oxygen atoms in total. The van der Waals surface area contributed by atoms with E-state index in [2.05, 4.69) is 44.2 Å². The Kier molecular flexibility index (Phi) is 4.49. The molecule has 0 bridgehead atoms. The summed E-state index contributed by atoms with van der Waals surface area (Å²) in [6, 6.07) is 0.274. The quantitative estimate of drug-likeness (QED) is 0.804. The summed E-state index contributed by atoms with van der Waals surface area (Å²) in [5.74, 6) is 0. The van der Waals surface area contributed by atoms with Crippen molar-refractivity contribution in [1.29, 1.82) is 0 Å². The number of nitrogens with one attached hydrogen (secondary N) is 1.